The van der Waals surface area contributed by atoms with Gasteiger partial charge >= 0.3 is 5.97 Å². The van der Waals surface area contributed by atoms with Crippen LogP contribution in [0.25, 0.3) is 0 Å². The number of ether oxygens (including phenoxy) is 1. The first-order chi connectivity index (χ1) is 6.28. The summed E-state index contributed by atoms with van der Waals surface area (Å²) in [6.45, 7) is 0. The number of rotatable bonds is 2. The summed E-state index contributed by atoms with van der Waals surface area (Å²) in [6, 6.07) is 0. The lowest BCUT2D eigenvalue weighted by Gasteiger charge is -2.27. The molecule has 1 heterocycles. The summed E-state index contributed by atoms with van der Waals surface area (Å²) in [7, 11) is 0. The lowest BCUT2D eigenvalue weighted by molar-refractivity contribution is -0.321. The average molecular weight is 208 g/mol. The van der Waals surface area contributed by atoms with Gasteiger partial charge in [0.1, 0.15) is 0 Å². The van der Waals surface area contributed by atoms with Crippen molar-refractivity contribution < 1.29 is 40.2 Å². The second-order valence-electron chi connectivity index (χ2n) is 2.68. The Morgan fingerprint density at radius 3 is 2.07 bits per heavy atom. The summed E-state index contributed by atoms with van der Waals surface area (Å²) in [4.78, 5) is 10.6. The van der Waals surface area contributed by atoms with Gasteiger partial charge in [-0.25, -0.2) is 4.79 Å². The molecule has 6 N–H and O–H groups in total. The van der Waals surface area contributed by atoms with Crippen LogP contribution in [0.1, 0.15) is 0 Å². The summed E-state index contributed by atoms with van der Waals surface area (Å²) in [5, 5.41) is 52.6. The van der Waals surface area contributed by atoms with E-state index in [0.29, 0.717) is 0 Å². The smallest absolute Gasteiger partial charge is 0.378 e. The number of cyclic esters (lactones) is 1. The maximum Gasteiger partial charge on any atom is 0.378 e. The van der Waals surface area contributed by atoms with Crippen molar-refractivity contribution in [3.05, 3.63) is 11.5 Å². The van der Waals surface area contributed by atoms with E-state index in [1.54, 1.807) is 0 Å². The monoisotopic (exact) mass is 208 g/mol. The number of carbonyl (C=O) groups excluding carboxylic acids is 1. The van der Waals surface area contributed by atoms with Crippen LogP contribution in [0.15, 0.2) is 11.5 Å². The standard InChI is InChI=1S/C6H8O8/c7-1-2(8)4(9)14-3(1)6(12,13)5(10)11/h3,5,7-8,10-13H/t3-/m0/s1. The van der Waals surface area contributed by atoms with Crippen LogP contribution in [0.3, 0.4) is 0 Å². The van der Waals surface area contributed by atoms with Crippen LogP contribution in [0.4, 0.5) is 0 Å². The van der Waals surface area contributed by atoms with Crippen LogP contribution >= 0.6 is 0 Å². The Balaban J connectivity index is 2.99. The van der Waals surface area contributed by atoms with E-state index in [4.69, 9.17) is 30.6 Å². The third-order valence-corrected chi connectivity index (χ3v) is 1.68. The fraction of sp³-hybridized carbons (Fsp3) is 0.500. The molecule has 0 aromatic heterocycles. The number of hydrogen-bond donors (Lipinski definition) is 6. The van der Waals surface area contributed by atoms with Gasteiger partial charge in [-0.2, -0.15) is 0 Å². The first-order valence-electron chi connectivity index (χ1n) is 3.42. The second kappa shape index (κ2) is 3.10. The minimum absolute atomic E-state index is 1.17. The summed E-state index contributed by atoms with van der Waals surface area (Å²) in [5.41, 5.74) is 0. The van der Waals surface area contributed by atoms with Crippen molar-refractivity contribution in [3.63, 3.8) is 0 Å². The highest BCUT2D eigenvalue weighted by Gasteiger charge is 2.52. The summed E-state index contributed by atoms with van der Waals surface area (Å²) in [5.74, 6) is -7.05. The Labute approximate surface area is 76.9 Å². The fourth-order valence-corrected chi connectivity index (χ4v) is 0.871. The van der Waals surface area contributed by atoms with Crippen molar-refractivity contribution >= 4 is 5.97 Å². The van der Waals surface area contributed by atoms with Crippen LogP contribution in [0, 0.1) is 0 Å². The highest BCUT2D eigenvalue weighted by Crippen LogP contribution is 2.27. The molecule has 0 saturated heterocycles. The first-order valence-corrected chi connectivity index (χ1v) is 3.42. The van der Waals surface area contributed by atoms with E-state index in [1.165, 1.54) is 0 Å². The van der Waals surface area contributed by atoms with Gasteiger partial charge in [0.25, 0.3) is 5.79 Å². The molecule has 8 heteroatoms. The molecule has 0 aromatic rings. The van der Waals surface area contributed by atoms with Gasteiger partial charge in [0, 0.05) is 0 Å². The van der Waals surface area contributed by atoms with Crippen LogP contribution in [-0.2, 0) is 9.53 Å². The number of esters is 1. The zero-order valence-corrected chi connectivity index (χ0v) is 6.65. The third-order valence-electron chi connectivity index (χ3n) is 1.68. The van der Waals surface area contributed by atoms with Crippen molar-refractivity contribution in [1.82, 2.24) is 0 Å². The van der Waals surface area contributed by atoms with E-state index >= 15 is 0 Å². The predicted octanol–water partition coefficient (Wildman–Crippen LogP) is -2.77. The molecule has 0 amide bonds. The normalized spacial score (nSPS) is 23.2. The maximum atomic E-state index is 10.6. The molecule has 0 spiro atoms. The topological polar surface area (TPSA) is 148 Å². The van der Waals surface area contributed by atoms with E-state index in [-0.39, 0.29) is 0 Å². The summed E-state index contributed by atoms with van der Waals surface area (Å²) >= 11 is 0. The van der Waals surface area contributed by atoms with Crippen LogP contribution in [0.2, 0.25) is 0 Å². The van der Waals surface area contributed by atoms with Crippen molar-refractivity contribution in [2.75, 3.05) is 0 Å². The molecule has 0 aromatic carbocycles. The minimum Gasteiger partial charge on any atom is -0.505 e. The van der Waals surface area contributed by atoms with Gasteiger partial charge in [-0.05, 0) is 0 Å². The largest absolute Gasteiger partial charge is 0.505 e. The molecule has 0 aliphatic carbocycles. The molecule has 1 atom stereocenters. The van der Waals surface area contributed by atoms with Gasteiger partial charge < -0.3 is 35.4 Å². The van der Waals surface area contributed by atoms with Crippen LogP contribution < -0.4 is 0 Å². The summed E-state index contributed by atoms with van der Waals surface area (Å²) < 4.78 is 4.08. The average Bonchev–Trinajstić information content (AvgIpc) is 2.33. The van der Waals surface area contributed by atoms with Crippen LogP contribution in [-0.4, -0.2) is 54.8 Å². The SMILES string of the molecule is O=C1O[C@H](C(O)(O)C(O)O)C(O)=C1O. The summed E-state index contributed by atoms with van der Waals surface area (Å²) in [6.07, 6.45) is -4.80. The molecule has 0 fully saturated rings. The van der Waals surface area contributed by atoms with Gasteiger partial charge in [0.05, 0.1) is 0 Å². The van der Waals surface area contributed by atoms with Crippen LogP contribution in [0.5, 0.6) is 0 Å². The first kappa shape index (κ1) is 10.7. The Morgan fingerprint density at radius 2 is 1.79 bits per heavy atom. The van der Waals surface area contributed by atoms with Gasteiger partial charge in [-0.15, -0.1) is 0 Å². The highest BCUT2D eigenvalue weighted by atomic mass is 16.6. The quantitative estimate of drug-likeness (QED) is 0.211. The number of carbonyl (C=O) groups is 1. The van der Waals surface area contributed by atoms with Crippen molar-refractivity contribution in [1.29, 1.82) is 0 Å². The molecule has 0 bridgehead atoms. The minimum atomic E-state index is -3.29. The van der Waals surface area contributed by atoms with Gasteiger partial charge in [0.2, 0.25) is 18.2 Å². The fourth-order valence-electron chi connectivity index (χ4n) is 0.871. The van der Waals surface area contributed by atoms with E-state index < -0.39 is 35.7 Å². The second-order valence-corrected chi connectivity index (χ2v) is 2.68. The van der Waals surface area contributed by atoms with Crippen molar-refractivity contribution in [2.45, 2.75) is 18.2 Å². The number of aliphatic hydroxyl groups excluding tert-OH is 3. The lowest BCUT2D eigenvalue weighted by Crippen LogP contribution is -2.53. The molecule has 0 unspecified atom stereocenters. The lowest BCUT2D eigenvalue weighted by atomic mass is 10.1. The Bertz CT molecular complexity index is 290. The highest BCUT2D eigenvalue weighted by molar-refractivity contribution is 5.89. The van der Waals surface area contributed by atoms with Crippen molar-refractivity contribution in [3.8, 4) is 0 Å². The predicted molar refractivity (Wildman–Crippen MR) is 37.6 cm³/mol. The number of aliphatic hydroxyl groups is 6. The molecular formula is C6H8O8. The van der Waals surface area contributed by atoms with Gasteiger partial charge in [-0.3, -0.25) is 0 Å². The van der Waals surface area contributed by atoms with Crippen molar-refractivity contribution in [2.24, 2.45) is 0 Å². The van der Waals surface area contributed by atoms with E-state index in [2.05, 4.69) is 4.74 Å². The molecular weight excluding hydrogens is 200 g/mol. The molecule has 80 valence electrons. The molecule has 1 rings (SSSR count). The van der Waals surface area contributed by atoms with Gasteiger partial charge in [0.15, 0.2) is 5.76 Å². The Morgan fingerprint density at radius 1 is 1.29 bits per heavy atom. The zero-order valence-electron chi connectivity index (χ0n) is 6.65. The third kappa shape index (κ3) is 1.40. The molecule has 8 nitrogen and oxygen atoms in total. The molecule has 1 aliphatic heterocycles. The number of hydrogen-bond acceptors (Lipinski definition) is 8. The molecule has 0 saturated carbocycles. The molecule has 1 aliphatic rings. The maximum absolute atomic E-state index is 10.6. The van der Waals surface area contributed by atoms with E-state index in [1.807, 2.05) is 0 Å². The Kier molecular flexibility index (Phi) is 2.37. The Hall–Kier alpha value is -1.35. The van der Waals surface area contributed by atoms with Gasteiger partial charge in [-0.1, -0.05) is 0 Å². The molecule has 14 heavy (non-hydrogen) atoms. The zero-order chi connectivity index (χ0) is 11.1. The molecule has 0 radical (unpaired) electrons. The van der Waals surface area contributed by atoms with E-state index in [0.717, 1.165) is 0 Å². The van der Waals surface area contributed by atoms with E-state index in [9.17, 15) is 4.79 Å².